The van der Waals surface area contributed by atoms with E-state index in [4.69, 9.17) is 0 Å². The van der Waals surface area contributed by atoms with Gasteiger partial charge in [0.2, 0.25) is 11.8 Å². The highest BCUT2D eigenvalue weighted by Gasteiger charge is 2.55. The maximum Gasteiger partial charge on any atom is 0.263 e. The SMILES string of the molecule is O=C(N[C@H](CNc1nn[nH]n1)Cc1cnc[nH]1)[C@H](Cc1ccc(O)cc1)NC(=O)C12CC3CC(CC(C3)C1)C2. The molecule has 4 bridgehead atoms. The number of aromatic amines is 2. The summed E-state index contributed by atoms with van der Waals surface area (Å²) in [4.78, 5) is 34.9. The third-order valence-corrected chi connectivity index (χ3v) is 8.74. The van der Waals surface area contributed by atoms with Gasteiger partial charge in [0.15, 0.2) is 0 Å². The van der Waals surface area contributed by atoms with Gasteiger partial charge in [-0.25, -0.2) is 4.98 Å². The van der Waals surface area contributed by atoms with Crippen molar-refractivity contribution in [3.63, 3.8) is 0 Å². The lowest BCUT2D eigenvalue weighted by molar-refractivity contribution is -0.148. The van der Waals surface area contributed by atoms with Crippen molar-refractivity contribution in [2.24, 2.45) is 23.2 Å². The molecule has 2 heterocycles. The standard InChI is InChI=1S/C27H35N9O3/c37-22-3-1-16(2-4-22)8-23(32-25(39)27-10-17-5-18(11-27)7-19(6-17)12-27)24(38)31-21(9-20-13-28-15-30-20)14-29-26-33-35-36-34-26/h1-4,13,15,17-19,21,23,37H,5-12,14H2,(H,28,30)(H,31,38)(H,32,39)(H2,29,33,34,35,36)/t17?,18?,19?,21-,23-,27?/m0/s1. The fourth-order valence-corrected chi connectivity index (χ4v) is 7.37. The molecule has 4 saturated carbocycles. The van der Waals surface area contributed by atoms with Gasteiger partial charge in [0.1, 0.15) is 11.8 Å². The van der Waals surface area contributed by atoms with Gasteiger partial charge in [-0.2, -0.15) is 5.21 Å². The maximum absolute atomic E-state index is 13.9. The first-order valence-electron chi connectivity index (χ1n) is 13.8. The number of hydrogen-bond donors (Lipinski definition) is 6. The van der Waals surface area contributed by atoms with Gasteiger partial charge in [0, 0.05) is 36.7 Å². The van der Waals surface area contributed by atoms with E-state index >= 15 is 0 Å². The zero-order valence-electron chi connectivity index (χ0n) is 21.8. The van der Waals surface area contributed by atoms with Gasteiger partial charge >= 0.3 is 0 Å². The molecule has 12 nitrogen and oxygen atoms in total. The Morgan fingerprint density at radius 3 is 2.36 bits per heavy atom. The van der Waals surface area contributed by atoms with Crippen molar-refractivity contribution >= 4 is 17.8 Å². The quantitative estimate of drug-likeness (QED) is 0.216. The van der Waals surface area contributed by atoms with Crippen LogP contribution < -0.4 is 16.0 Å². The van der Waals surface area contributed by atoms with E-state index in [9.17, 15) is 14.7 Å². The fourth-order valence-electron chi connectivity index (χ4n) is 7.37. The summed E-state index contributed by atoms with van der Waals surface area (Å²) in [5.74, 6) is 2.11. The highest BCUT2D eigenvalue weighted by molar-refractivity contribution is 5.90. The Hall–Kier alpha value is -3.96. The van der Waals surface area contributed by atoms with E-state index in [0.29, 0.717) is 43.1 Å². The van der Waals surface area contributed by atoms with E-state index in [-0.39, 0.29) is 29.0 Å². The molecule has 3 aromatic rings. The van der Waals surface area contributed by atoms with Crippen LogP contribution in [0.1, 0.15) is 49.8 Å². The highest BCUT2D eigenvalue weighted by Crippen LogP contribution is 2.60. The Kier molecular flexibility index (Phi) is 6.92. The molecule has 206 valence electrons. The van der Waals surface area contributed by atoms with E-state index in [1.54, 1.807) is 36.8 Å². The second-order valence-corrected chi connectivity index (χ2v) is 11.7. The minimum Gasteiger partial charge on any atom is -0.508 e. The van der Waals surface area contributed by atoms with Crippen molar-refractivity contribution in [3.8, 4) is 5.75 Å². The smallest absolute Gasteiger partial charge is 0.263 e. The van der Waals surface area contributed by atoms with E-state index < -0.39 is 6.04 Å². The van der Waals surface area contributed by atoms with Crippen LogP contribution in [0.4, 0.5) is 5.95 Å². The lowest BCUT2D eigenvalue weighted by Gasteiger charge is -2.55. The van der Waals surface area contributed by atoms with Crippen LogP contribution in [0, 0.1) is 23.2 Å². The molecule has 6 N–H and O–H groups in total. The normalized spacial score (nSPS) is 26.6. The number of carbonyl (C=O) groups is 2. The molecule has 0 saturated heterocycles. The minimum atomic E-state index is -0.760. The number of carbonyl (C=O) groups excluding carboxylic acids is 2. The van der Waals surface area contributed by atoms with Gasteiger partial charge in [0.25, 0.3) is 5.95 Å². The molecule has 1 aromatic carbocycles. The molecule has 2 aromatic heterocycles. The Morgan fingerprint density at radius 1 is 1.03 bits per heavy atom. The van der Waals surface area contributed by atoms with Crippen LogP contribution in [-0.2, 0) is 22.4 Å². The van der Waals surface area contributed by atoms with Crippen LogP contribution in [0.25, 0.3) is 0 Å². The number of nitrogens with zero attached hydrogens (tertiary/aromatic N) is 4. The molecular formula is C27H35N9O3. The van der Waals surface area contributed by atoms with Crippen LogP contribution in [-0.4, -0.2) is 66.1 Å². The number of tetrazole rings is 1. The first-order chi connectivity index (χ1) is 18.9. The monoisotopic (exact) mass is 533 g/mol. The number of phenols is 1. The summed E-state index contributed by atoms with van der Waals surface area (Å²) in [5, 5.41) is 32.9. The van der Waals surface area contributed by atoms with Crippen molar-refractivity contribution in [2.75, 3.05) is 11.9 Å². The number of aromatic nitrogens is 6. The number of aromatic hydroxyl groups is 1. The van der Waals surface area contributed by atoms with E-state index in [0.717, 1.165) is 30.5 Å². The molecule has 2 amide bonds. The van der Waals surface area contributed by atoms with Gasteiger partial charge in [-0.05, 0) is 79.2 Å². The average Bonchev–Trinajstić information content (AvgIpc) is 3.62. The third kappa shape index (κ3) is 5.74. The number of anilines is 1. The Balaban J connectivity index is 1.19. The molecule has 4 aliphatic carbocycles. The summed E-state index contributed by atoms with van der Waals surface area (Å²) in [7, 11) is 0. The van der Waals surface area contributed by atoms with E-state index in [1.165, 1.54) is 19.3 Å². The van der Waals surface area contributed by atoms with E-state index in [2.05, 4.69) is 46.5 Å². The van der Waals surface area contributed by atoms with Crippen LogP contribution >= 0.6 is 0 Å². The number of phenolic OH excluding ortho intramolecular Hbond substituents is 1. The number of H-pyrrole nitrogens is 2. The van der Waals surface area contributed by atoms with Crippen molar-refractivity contribution < 1.29 is 14.7 Å². The first-order valence-corrected chi connectivity index (χ1v) is 13.8. The van der Waals surface area contributed by atoms with Crippen LogP contribution in [0.15, 0.2) is 36.8 Å². The number of nitrogens with one attached hydrogen (secondary N) is 5. The van der Waals surface area contributed by atoms with Crippen LogP contribution in [0.3, 0.4) is 0 Å². The summed E-state index contributed by atoms with van der Waals surface area (Å²) < 4.78 is 0. The maximum atomic E-state index is 13.9. The molecule has 7 rings (SSSR count). The number of rotatable bonds is 11. The topological polar surface area (TPSA) is 174 Å². The van der Waals surface area contributed by atoms with Crippen molar-refractivity contribution in [3.05, 3.63) is 48.0 Å². The third-order valence-electron chi connectivity index (χ3n) is 8.74. The second-order valence-electron chi connectivity index (χ2n) is 11.7. The van der Waals surface area contributed by atoms with Crippen molar-refractivity contribution in [2.45, 2.75) is 63.5 Å². The van der Waals surface area contributed by atoms with Gasteiger partial charge in [0.05, 0.1) is 12.4 Å². The molecule has 0 unspecified atom stereocenters. The molecule has 0 spiro atoms. The molecule has 4 fully saturated rings. The van der Waals surface area contributed by atoms with Crippen molar-refractivity contribution in [1.82, 2.24) is 41.2 Å². The summed E-state index contributed by atoms with van der Waals surface area (Å²) in [6, 6.07) is 5.67. The Labute approximate surface area is 226 Å². The van der Waals surface area contributed by atoms with Crippen LogP contribution in [0.5, 0.6) is 5.75 Å². The van der Waals surface area contributed by atoms with Gasteiger partial charge in [-0.15, -0.1) is 5.10 Å². The van der Waals surface area contributed by atoms with E-state index in [1.807, 2.05) is 0 Å². The van der Waals surface area contributed by atoms with Gasteiger partial charge < -0.3 is 26.0 Å². The zero-order valence-corrected chi connectivity index (χ0v) is 21.8. The average molecular weight is 534 g/mol. The fraction of sp³-hybridized carbons (Fsp3) is 0.556. The predicted octanol–water partition coefficient (Wildman–Crippen LogP) is 1.71. The summed E-state index contributed by atoms with van der Waals surface area (Å²) >= 11 is 0. The second kappa shape index (κ2) is 10.7. The Morgan fingerprint density at radius 2 is 1.74 bits per heavy atom. The van der Waals surface area contributed by atoms with Gasteiger partial charge in [-0.3, -0.25) is 9.59 Å². The highest BCUT2D eigenvalue weighted by atomic mass is 16.3. The summed E-state index contributed by atoms with van der Waals surface area (Å²) in [6.45, 7) is 0.346. The lowest BCUT2D eigenvalue weighted by Crippen LogP contribution is -2.58. The van der Waals surface area contributed by atoms with Crippen LogP contribution in [0.2, 0.25) is 0 Å². The number of benzene rings is 1. The molecule has 4 aliphatic rings. The molecule has 12 heteroatoms. The Bertz CT molecular complexity index is 1220. The molecule has 2 atom stereocenters. The summed E-state index contributed by atoms with van der Waals surface area (Å²) in [6.07, 6.45) is 10.6. The summed E-state index contributed by atoms with van der Waals surface area (Å²) in [5.41, 5.74) is 1.36. The molecule has 39 heavy (non-hydrogen) atoms. The lowest BCUT2D eigenvalue weighted by atomic mass is 9.49. The number of hydrogen-bond acceptors (Lipinski definition) is 8. The van der Waals surface area contributed by atoms with Crippen molar-refractivity contribution in [1.29, 1.82) is 0 Å². The minimum absolute atomic E-state index is 0.00979. The molecule has 0 radical (unpaired) electrons. The molecular weight excluding hydrogens is 498 g/mol. The number of imidazole rings is 1. The number of amides is 2. The zero-order chi connectivity index (χ0) is 26.8. The largest absolute Gasteiger partial charge is 0.508 e. The molecule has 0 aliphatic heterocycles. The van der Waals surface area contributed by atoms with Gasteiger partial charge in [-0.1, -0.05) is 17.2 Å². The predicted molar refractivity (Wildman–Crippen MR) is 141 cm³/mol. The first kappa shape index (κ1) is 25.3.